The molecule has 0 aromatic rings. The molecule has 0 aromatic heterocycles. The van der Waals surface area contributed by atoms with E-state index in [1.54, 1.807) is 0 Å². The highest BCUT2D eigenvalue weighted by Crippen LogP contribution is 2.12. The van der Waals surface area contributed by atoms with Crippen LogP contribution >= 0.6 is 0 Å². The summed E-state index contributed by atoms with van der Waals surface area (Å²) >= 11 is 0. The van der Waals surface area contributed by atoms with Crippen LogP contribution < -0.4 is 5.32 Å². The lowest BCUT2D eigenvalue weighted by molar-refractivity contribution is 0.0921. The molecule has 0 bridgehead atoms. The predicted octanol–water partition coefficient (Wildman–Crippen LogP) is 0.899. The normalized spacial score (nSPS) is 34.2. The van der Waals surface area contributed by atoms with Gasteiger partial charge in [0.05, 0.1) is 6.10 Å². The summed E-state index contributed by atoms with van der Waals surface area (Å²) in [6, 6.07) is 0.374. The van der Waals surface area contributed by atoms with Crippen molar-refractivity contribution >= 4 is 0 Å². The Morgan fingerprint density at radius 1 is 1.60 bits per heavy atom. The summed E-state index contributed by atoms with van der Waals surface area (Å²) in [5.74, 6) is 0. The van der Waals surface area contributed by atoms with Crippen molar-refractivity contribution in [1.29, 1.82) is 0 Å². The first-order valence-electron chi connectivity index (χ1n) is 4.26. The first kappa shape index (κ1) is 8.02. The minimum Gasteiger partial charge on any atom is -0.392 e. The largest absolute Gasteiger partial charge is 0.392 e. The zero-order valence-corrected chi connectivity index (χ0v) is 6.64. The summed E-state index contributed by atoms with van der Waals surface area (Å²) in [7, 11) is 0. The fourth-order valence-corrected chi connectivity index (χ4v) is 1.54. The number of hydrogen-bond donors (Lipinski definition) is 2. The van der Waals surface area contributed by atoms with Gasteiger partial charge >= 0.3 is 0 Å². The molecule has 0 radical (unpaired) electrons. The van der Waals surface area contributed by atoms with E-state index in [-0.39, 0.29) is 6.10 Å². The summed E-state index contributed by atoms with van der Waals surface area (Å²) in [6.45, 7) is 3.24. The summed E-state index contributed by atoms with van der Waals surface area (Å²) in [6.07, 6.45) is 4.29. The van der Waals surface area contributed by atoms with Crippen LogP contribution in [0.2, 0.25) is 0 Å². The van der Waals surface area contributed by atoms with Crippen molar-refractivity contribution in [2.75, 3.05) is 6.54 Å². The van der Waals surface area contributed by atoms with Crippen LogP contribution in [-0.2, 0) is 0 Å². The van der Waals surface area contributed by atoms with E-state index in [1.165, 1.54) is 0 Å². The molecule has 1 rings (SSSR count). The van der Waals surface area contributed by atoms with Crippen LogP contribution in [-0.4, -0.2) is 23.8 Å². The minimum atomic E-state index is -0.0892. The highest BCUT2D eigenvalue weighted by atomic mass is 16.3. The fraction of sp³-hybridized carbons (Fsp3) is 1.00. The van der Waals surface area contributed by atoms with Gasteiger partial charge in [-0.15, -0.1) is 0 Å². The molecule has 60 valence electrons. The smallest absolute Gasteiger partial charge is 0.0693 e. The molecule has 1 heterocycles. The molecule has 0 unspecified atom stereocenters. The van der Waals surface area contributed by atoms with Crippen molar-refractivity contribution in [1.82, 2.24) is 5.32 Å². The van der Waals surface area contributed by atoms with Crippen molar-refractivity contribution in [2.24, 2.45) is 0 Å². The third-order valence-electron chi connectivity index (χ3n) is 2.15. The van der Waals surface area contributed by atoms with Gasteiger partial charge < -0.3 is 10.4 Å². The molecular weight excluding hydrogens is 126 g/mol. The van der Waals surface area contributed by atoms with E-state index in [2.05, 4.69) is 12.2 Å². The van der Waals surface area contributed by atoms with Crippen LogP contribution in [0.4, 0.5) is 0 Å². The second-order valence-corrected chi connectivity index (χ2v) is 3.06. The van der Waals surface area contributed by atoms with Crippen molar-refractivity contribution < 1.29 is 5.11 Å². The van der Waals surface area contributed by atoms with Gasteiger partial charge in [0, 0.05) is 6.04 Å². The average Bonchev–Trinajstić information content (AvgIpc) is 1.94. The Morgan fingerprint density at radius 2 is 2.40 bits per heavy atom. The first-order valence-corrected chi connectivity index (χ1v) is 4.26. The predicted molar refractivity (Wildman–Crippen MR) is 41.9 cm³/mol. The Bertz CT molecular complexity index is 93.3. The number of hydrogen-bond acceptors (Lipinski definition) is 2. The minimum absolute atomic E-state index is 0.0892. The summed E-state index contributed by atoms with van der Waals surface area (Å²) in [5.41, 5.74) is 0. The molecule has 2 nitrogen and oxygen atoms in total. The third-order valence-corrected chi connectivity index (χ3v) is 2.15. The van der Waals surface area contributed by atoms with Gasteiger partial charge in [-0.05, 0) is 25.8 Å². The lowest BCUT2D eigenvalue weighted by Crippen LogP contribution is -2.44. The SMILES string of the molecule is CCC[C@H]1NCCC[C@H]1O. The van der Waals surface area contributed by atoms with Gasteiger partial charge in [0.2, 0.25) is 0 Å². The Kier molecular flexibility index (Phi) is 3.16. The van der Waals surface area contributed by atoms with Gasteiger partial charge in [-0.25, -0.2) is 0 Å². The van der Waals surface area contributed by atoms with Crippen LogP contribution in [0, 0.1) is 0 Å². The molecule has 0 saturated carbocycles. The van der Waals surface area contributed by atoms with Crippen LogP contribution in [0.3, 0.4) is 0 Å². The standard InChI is InChI=1S/C8H17NO/c1-2-4-7-8(10)5-3-6-9-7/h7-10H,2-6H2,1H3/t7-,8-/m1/s1. The van der Waals surface area contributed by atoms with E-state index < -0.39 is 0 Å². The van der Waals surface area contributed by atoms with E-state index in [0.717, 1.165) is 32.2 Å². The maximum atomic E-state index is 9.44. The van der Waals surface area contributed by atoms with E-state index in [0.29, 0.717) is 6.04 Å². The molecule has 0 aliphatic carbocycles. The number of rotatable bonds is 2. The van der Waals surface area contributed by atoms with Crippen molar-refractivity contribution in [3.63, 3.8) is 0 Å². The molecule has 1 aliphatic rings. The summed E-state index contributed by atoms with van der Waals surface area (Å²) in [4.78, 5) is 0. The van der Waals surface area contributed by atoms with E-state index in [4.69, 9.17) is 0 Å². The third kappa shape index (κ3) is 1.96. The molecule has 2 atom stereocenters. The van der Waals surface area contributed by atoms with E-state index >= 15 is 0 Å². The number of nitrogens with one attached hydrogen (secondary N) is 1. The van der Waals surface area contributed by atoms with Crippen LogP contribution in [0.25, 0.3) is 0 Å². The number of piperidine rings is 1. The Labute approximate surface area is 62.6 Å². The molecule has 1 aliphatic heterocycles. The number of aliphatic hydroxyl groups excluding tert-OH is 1. The molecule has 2 N–H and O–H groups in total. The highest BCUT2D eigenvalue weighted by molar-refractivity contribution is 4.79. The zero-order chi connectivity index (χ0) is 7.40. The Morgan fingerprint density at radius 3 is 3.00 bits per heavy atom. The topological polar surface area (TPSA) is 32.3 Å². The molecule has 0 amide bonds. The van der Waals surface area contributed by atoms with Crippen LogP contribution in [0.1, 0.15) is 32.6 Å². The Hall–Kier alpha value is -0.0800. The van der Waals surface area contributed by atoms with Gasteiger partial charge in [0.25, 0.3) is 0 Å². The molecular formula is C8H17NO. The number of aliphatic hydroxyl groups is 1. The molecule has 1 saturated heterocycles. The lowest BCUT2D eigenvalue weighted by Gasteiger charge is -2.28. The first-order chi connectivity index (χ1) is 4.84. The Balaban J connectivity index is 2.25. The maximum Gasteiger partial charge on any atom is 0.0693 e. The van der Waals surface area contributed by atoms with Crippen molar-refractivity contribution in [2.45, 2.75) is 44.8 Å². The second-order valence-electron chi connectivity index (χ2n) is 3.06. The van der Waals surface area contributed by atoms with E-state index in [9.17, 15) is 5.11 Å². The van der Waals surface area contributed by atoms with Crippen LogP contribution in [0.15, 0.2) is 0 Å². The van der Waals surface area contributed by atoms with Gasteiger partial charge in [-0.1, -0.05) is 13.3 Å². The summed E-state index contributed by atoms with van der Waals surface area (Å²) in [5, 5.41) is 12.8. The van der Waals surface area contributed by atoms with Gasteiger partial charge in [-0.3, -0.25) is 0 Å². The maximum absolute atomic E-state index is 9.44. The summed E-state index contributed by atoms with van der Waals surface area (Å²) < 4.78 is 0. The van der Waals surface area contributed by atoms with E-state index in [1.807, 2.05) is 0 Å². The van der Waals surface area contributed by atoms with Gasteiger partial charge in [0.15, 0.2) is 0 Å². The zero-order valence-electron chi connectivity index (χ0n) is 6.64. The molecule has 1 fully saturated rings. The molecule has 10 heavy (non-hydrogen) atoms. The average molecular weight is 143 g/mol. The van der Waals surface area contributed by atoms with Crippen molar-refractivity contribution in [3.05, 3.63) is 0 Å². The monoisotopic (exact) mass is 143 g/mol. The van der Waals surface area contributed by atoms with Crippen molar-refractivity contribution in [3.8, 4) is 0 Å². The van der Waals surface area contributed by atoms with Crippen LogP contribution in [0.5, 0.6) is 0 Å². The molecule has 0 aromatic carbocycles. The molecule has 2 heteroatoms. The highest BCUT2D eigenvalue weighted by Gasteiger charge is 2.20. The second kappa shape index (κ2) is 3.94. The quantitative estimate of drug-likeness (QED) is 0.602. The fourth-order valence-electron chi connectivity index (χ4n) is 1.54. The van der Waals surface area contributed by atoms with Gasteiger partial charge in [-0.2, -0.15) is 0 Å². The molecule has 0 spiro atoms. The lowest BCUT2D eigenvalue weighted by atomic mass is 9.98. The van der Waals surface area contributed by atoms with Gasteiger partial charge in [0.1, 0.15) is 0 Å².